The lowest BCUT2D eigenvalue weighted by atomic mass is 10.0. The van der Waals surface area contributed by atoms with E-state index in [0.717, 1.165) is 16.7 Å². The zero-order chi connectivity index (χ0) is 15.9. The summed E-state index contributed by atoms with van der Waals surface area (Å²) in [4.78, 5) is 25.9. The normalized spacial score (nSPS) is 10.6. The van der Waals surface area contributed by atoms with Crippen molar-refractivity contribution in [2.24, 2.45) is 0 Å². The van der Waals surface area contributed by atoms with E-state index in [1.807, 2.05) is 24.3 Å². The lowest BCUT2D eigenvalue weighted by Gasteiger charge is -2.03. The summed E-state index contributed by atoms with van der Waals surface area (Å²) in [5.41, 5.74) is 2.92. The lowest BCUT2D eigenvalue weighted by molar-refractivity contribution is -0.134. The van der Waals surface area contributed by atoms with Gasteiger partial charge in [-0.1, -0.05) is 24.3 Å². The van der Waals surface area contributed by atoms with Gasteiger partial charge in [0.15, 0.2) is 0 Å². The average Bonchev–Trinajstić information content (AvgIpc) is 2.54. The molecule has 0 fully saturated rings. The fraction of sp³-hybridized carbons (Fsp3) is 0.118. The van der Waals surface area contributed by atoms with E-state index in [9.17, 15) is 9.59 Å². The van der Waals surface area contributed by atoms with E-state index in [0.29, 0.717) is 6.42 Å². The van der Waals surface area contributed by atoms with Gasteiger partial charge in [-0.05, 0) is 35.3 Å². The molecule has 0 aliphatic heterocycles. The molecule has 2 rings (SSSR count). The first kappa shape index (κ1) is 15.4. The van der Waals surface area contributed by atoms with Crippen LogP contribution in [0.3, 0.4) is 0 Å². The smallest absolute Gasteiger partial charge is 0.337 e. The summed E-state index contributed by atoms with van der Waals surface area (Å²) in [5, 5.41) is 8.95. The molecular formula is C17H15NO4. The van der Waals surface area contributed by atoms with Crippen LogP contribution >= 0.6 is 0 Å². The molecule has 0 amide bonds. The molecule has 5 nitrogen and oxygen atoms in total. The van der Waals surface area contributed by atoms with Crippen molar-refractivity contribution >= 4 is 18.0 Å². The predicted octanol–water partition coefficient (Wildman–Crippen LogP) is 2.56. The van der Waals surface area contributed by atoms with Crippen molar-refractivity contribution in [2.75, 3.05) is 7.11 Å². The number of aromatic carboxylic acids is 1. The Labute approximate surface area is 127 Å². The highest BCUT2D eigenvalue weighted by molar-refractivity contribution is 5.87. The van der Waals surface area contributed by atoms with Crippen molar-refractivity contribution < 1.29 is 19.4 Å². The summed E-state index contributed by atoms with van der Waals surface area (Å²) in [6.45, 7) is 0. The maximum atomic E-state index is 11.0. The van der Waals surface area contributed by atoms with Gasteiger partial charge in [0.25, 0.3) is 0 Å². The quantitative estimate of drug-likeness (QED) is 0.678. The van der Waals surface area contributed by atoms with Gasteiger partial charge in [-0.3, -0.25) is 4.98 Å². The highest BCUT2D eigenvalue weighted by Gasteiger charge is 2.04. The molecule has 0 atom stereocenters. The van der Waals surface area contributed by atoms with Gasteiger partial charge >= 0.3 is 11.9 Å². The Kier molecular flexibility index (Phi) is 5.03. The number of carbonyl (C=O) groups is 2. The molecule has 0 saturated heterocycles. The lowest BCUT2D eigenvalue weighted by Crippen LogP contribution is -1.99. The molecule has 1 N–H and O–H groups in total. The Morgan fingerprint density at radius 3 is 2.55 bits per heavy atom. The van der Waals surface area contributed by atoms with Crippen LogP contribution in [-0.2, 0) is 16.0 Å². The summed E-state index contributed by atoms with van der Waals surface area (Å²) >= 11 is 0. The summed E-state index contributed by atoms with van der Waals surface area (Å²) in [7, 11) is 1.33. The van der Waals surface area contributed by atoms with Crippen LogP contribution in [-0.4, -0.2) is 29.1 Å². The fourth-order valence-electron chi connectivity index (χ4n) is 1.92. The maximum Gasteiger partial charge on any atom is 0.337 e. The molecule has 0 bridgehead atoms. The first-order chi connectivity index (χ1) is 10.6. The van der Waals surface area contributed by atoms with Crippen molar-refractivity contribution in [1.29, 1.82) is 0 Å². The zero-order valence-electron chi connectivity index (χ0n) is 12.0. The Bertz CT molecular complexity index is 705. The SMILES string of the molecule is COC(=O)C=Cc1ccc(Cc2cncc(C(=O)O)c2)cc1. The summed E-state index contributed by atoms with van der Waals surface area (Å²) in [6, 6.07) is 9.21. The molecular weight excluding hydrogens is 282 g/mol. The monoisotopic (exact) mass is 297 g/mol. The Morgan fingerprint density at radius 1 is 1.18 bits per heavy atom. The van der Waals surface area contributed by atoms with Crippen LogP contribution in [0.15, 0.2) is 48.8 Å². The number of carboxylic acids is 1. The molecule has 112 valence electrons. The molecule has 0 saturated carbocycles. The molecule has 2 aromatic rings. The van der Waals surface area contributed by atoms with E-state index >= 15 is 0 Å². The number of carbonyl (C=O) groups excluding carboxylic acids is 1. The van der Waals surface area contributed by atoms with Gasteiger partial charge in [-0.25, -0.2) is 9.59 Å². The average molecular weight is 297 g/mol. The number of benzene rings is 1. The number of pyridine rings is 1. The van der Waals surface area contributed by atoms with Gasteiger partial charge in [-0.15, -0.1) is 0 Å². The Hall–Kier alpha value is -2.95. The maximum absolute atomic E-state index is 11.0. The van der Waals surface area contributed by atoms with Gasteiger partial charge < -0.3 is 9.84 Å². The number of aromatic nitrogens is 1. The number of hydrogen-bond donors (Lipinski definition) is 1. The van der Waals surface area contributed by atoms with E-state index < -0.39 is 11.9 Å². The first-order valence-electron chi connectivity index (χ1n) is 6.60. The van der Waals surface area contributed by atoms with Gasteiger partial charge in [-0.2, -0.15) is 0 Å². The number of hydrogen-bond acceptors (Lipinski definition) is 4. The van der Waals surface area contributed by atoms with Crippen LogP contribution in [0, 0.1) is 0 Å². The second-order valence-corrected chi connectivity index (χ2v) is 4.66. The van der Waals surface area contributed by atoms with E-state index in [-0.39, 0.29) is 5.56 Å². The van der Waals surface area contributed by atoms with Crippen molar-refractivity contribution in [3.63, 3.8) is 0 Å². The highest BCUT2D eigenvalue weighted by atomic mass is 16.5. The molecule has 1 aromatic carbocycles. The van der Waals surface area contributed by atoms with Gasteiger partial charge in [0.2, 0.25) is 0 Å². The molecule has 0 radical (unpaired) electrons. The zero-order valence-corrected chi connectivity index (χ0v) is 12.0. The van der Waals surface area contributed by atoms with Gasteiger partial charge in [0.05, 0.1) is 12.7 Å². The van der Waals surface area contributed by atoms with E-state index in [2.05, 4.69) is 9.72 Å². The number of nitrogens with zero attached hydrogens (tertiary/aromatic N) is 1. The third-order valence-electron chi connectivity index (χ3n) is 3.04. The summed E-state index contributed by atoms with van der Waals surface area (Å²) in [5.74, 6) is -1.39. The predicted molar refractivity (Wildman–Crippen MR) is 81.5 cm³/mol. The third-order valence-corrected chi connectivity index (χ3v) is 3.04. The van der Waals surface area contributed by atoms with E-state index in [1.165, 1.54) is 19.4 Å². The van der Waals surface area contributed by atoms with Crippen molar-refractivity contribution in [3.8, 4) is 0 Å². The van der Waals surface area contributed by atoms with Crippen molar-refractivity contribution in [1.82, 2.24) is 4.98 Å². The fourth-order valence-corrected chi connectivity index (χ4v) is 1.92. The molecule has 1 aromatic heterocycles. The van der Waals surface area contributed by atoms with Crippen LogP contribution in [0.2, 0.25) is 0 Å². The molecule has 0 spiro atoms. The highest BCUT2D eigenvalue weighted by Crippen LogP contribution is 2.12. The molecule has 0 unspecified atom stereocenters. The molecule has 1 heterocycles. The van der Waals surface area contributed by atoms with E-state index in [1.54, 1.807) is 18.3 Å². The van der Waals surface area contributed by atoms with Crippen LogP contribution in [0.5, 0.6) is 0 Å². The number of ether oxygens (including phenoxy) is 1. The second kappa shape index (κ2) is 7.17. The largest absolute Gasteiger partial charge is 0.478 e. The molecule has 0 aliphatic carbocycles. The number of methoxy groups -OCH3 is 1. The van der Waals surface area contributed by atoms with E-state index in [4.69, 9.17) is 5.11 Å². The first-order valence-corrected chi connectivity index (χ1v) is 6.60. The second-order valence-electron chi connectivity index (χ2n) is 4.66. The number of esters is 1. The minimum atomic E-state index is -0.988. The van der Waals surface area contributed by atoms with Crippen LogP contribution in [0.1, 0.15) is 27.0 Å². The van der Waals surface area contributed by atoms with Crippen LogP contribution in [0.25, 0.3) is 6.08 Å². The minimum absolute atomic E-state index is 0.176. The summed E-state index contributed by atoms with van der Waals surface area (Å²) in [6.07, 6.45) is 6.59. The number of carboxylic acid groups (broad SMARTS) is 1. The molecule has 5 heteroatoms. The topological polar surface area (TPSA) is 76.5 Å². The third kappa shape index (κ3) is 4.28. The van der Waals surface area contributed by atoms with Crippen molar-refractivity contribution in [3.05, 3.63) is 71.1 Å². The minimum Gasteiger partial charge on any atom is -0.478 e. The van der Waals surface area contributed by atoms with Crippen LogP contribution < -0.4 is 0 Å². The van der Waals surface area contributed by atoms with Gasteiger partial charge in [0, 0.05) is 18.5 Å². The Morgan fingerprint density at radius 2 is 1.91 bits per heavy atom. The van der Waals surface area contributed by atoms with Gasteiger partial charge in [0.1, 0.15) is 0 Å². The van der Waals surface area contributed by atoms with Crippen molar-refractivity contribution in [2.45, 2.75) is 6.42 Å². The molecule has 0 aliphatic rings. The standard InChI is InChI=1S/C17H15NO4/c1-22-16(19)7-6-12-2-4-13(5-3-12)8-14-9-15(17(20)21)11-18-10-14/h2-7,9-11H,8H2,1H3,(H,20,21). The summed E-state index contributed by atoms with van der Waals surface area (Å²) < 4.78 is 4.52. The number of rotatable bonds is 5. The Balaban J connectivity index is 2.08. The molecule has 22 heavy (non-hydrogen) atoms. The van der Waals surface area contributed by atoms with Crippen LogP contribution in [0.4, 0.5) is 0 Å².